The number of hydrogen-bond acceptors (Lipinski definition) is 1. The van der Waals surface area contributed by atoms with Crippen LogP contribution in [0.15, 0.2) is 0 Å². The van der Waals surface area contributed by atoms with E-state index in [1.807, 2.05) is 0 Å². The van der Waals surface area contributed by atoms with Crippen molar-refractivity contribution in [2.75, 3.05) is 13.1 Å². The first kappa shape index (κ1) is 7.63. The Hall–Kier alpha value is -0.480. The topological polar surface area (TPSA) is 12.0 Å². The van der Waals surface area contributed by atoms with Gasteiger partial charge < -0.3 is 5.32 Å². The lowest BCUT2D eigenvalue weighted by Crippen LogP contribution is -2.23. The van der Waals surface area contributed by atoms with Crippen molar-refractivity contribution >= 4 is 0 Å². The molecule has 0 bridgehead atoms. The molecule has 1 heteroatoms. The predicted molar refractivity (Wildman–Crippen MR) is 43.7 cm³/mol. The fourth-order valence-corrected chi connectivity index (χ4v) is 1.20. The third-order valence-electron chi connectivity index (χ3n) is 2.18. The molecular formula is C9H15N. The predicted octanol–water partition coefficient (Wildman–Crippen LogP) is 1.40. The highest BCUT2D eigenvalue weighted by Crippen LogP contribution is 2.47. The number of hydrogen-bond donors (Lipinski definition) is 1. The molecule has 0 heterocycles. The van der Waals surface area contributed by atoms with Crippen LogP contribution in [0.4, 0.5) is 0 Å². The molecule has 1 saturated carbocycles. The van der Waals surface area contributed by atoms with Crippen LogP contribution in [0.3, 0.4) is 0 Å². The fourth-order valence-electron chi connectivity index (χ4n) is 1.20. The van der Waals surface area contributed by atoms with E-state index in [1.165, 1.54) is 12.8 Å². The summed E-state index contributed by atoms with van der Waals surface area (Å²) in [5.41, 5.74) is 0.505. The average molecular weight is 137 g/mol. The van der Waals surface area contributed by atoms with Crippen LogP contribution in [0.5, 0.6) is 0 Å². The smallest absolute Gasteiger partial charge is 0.0155 e. The third-order valence-corrected chi connectivity index (χ3v) is 2.18. The summed E-state index contributed by atoms with van der Waals surface area (Å²) < 4.78 is 0. The summed E-state index contributed by atoms with van der Waals surface area (Å²) >= 11 is 0. The molecule has 0 unspecified atom stereocenters. The Kier molecular flexibility index (Phi) is 2.34. The molecule has 0 saturated heterocycles. The van der Waals surface area contributed by atoms with Crippen molar-refractivity contribution in [3.63, 3.8) is 0 Å². The monoisotopic (exact) mass is 137 g/mol. The van der Waals surface area contributed by atoms with E-state index >= 15 is 0 Å². The number of terminal acetylenes is 1. The van der Waals surface area contributed by atoms with E-state index < -0.39 is 0 Å². The second kappa shape index (κ2) is 3.07. The van der Waals surface area contributed by atoms with Crippen LogP contribution in [0.2, 0.25) is 0 Å². The van der Waals surface area contributed by atoms with Gasteiger partial charge >= 0.3 is 0 Å². The maximum Gasteiger partial charge on any atom is 0.0155 e. The van der Waals surface area contributed by atoms with E-state index in [1.54, 1.807) is 0 Å². The first-order chi connectivity index (χ1) is 4.83. The molecule has 1 aliphatic rings. The number of rotatable bonds is 4. The Labute approximate surface area is 63.2 Å². The molecule has 0 aromatic carbocycles. The van der Waals surface area contributed by atoms with Crippen LogP contribution >= 0.6 is 0 Å². The molecule has 56 valence electrons. The second-order valence-corrected chi connectivity index (χ2v) is 3.16. The normalized spacial score (nSPS) is 20.0. The third kappa shape index (κ3) is 1.75. The van der Waals surface area contributed by atoms with Crippen molar-refractivity contribution in [2.24, 2.45) is 5.41 Å². The van der Waals surface area contributed by atoms with Crippen molar-refractivity contribution in [1.29, 1.82) is 0 Å². The Morgan fingerprint density at radius 2 is 2.30 bits per heavy atom. The van der Waals surface area contributed by atoms with Crippen LogP contribution in [-0.4, -0.2) is 13.1 Å². The molecule has 1 nitrogen and oxygen atoms in total. The van der Waals surface area contributed by atoms with Crippen molar-refractivity contribution in [3.8, 4) is 12.3 Å². The van der Waals surface area contributed by atoms with E-state index in [0.717, 1.165) is 19.5 Å². The quantitative estimate of drug-likeness (QED) is 0.577. The highest BCUT2D eigenvalue weighted by atomic mass is 14.9. The van der Waals surface area contributed by atoms with Gasteiger partial charge in [0.25, 0.3) is 0 Å². The summed E-state index contributed by atoms with van der Waals surface area (Å²) in [6.45, 7) is 4.31. The zero-order valence-electron chi connectivity index (χ0n) is 6.61. The van der Waals surface area contributed by atoms with Gasteiger partial charge in [0.15, 0.2) is 0 Å². The van der Waals surface area contributed by atoms with E-state index in [0.29, 0.717) is 5.41 Å². The van der Waals surface area contributed by atoms with Crippen LogP contribution in [0, 0.1) is 17.8 Å². The van der Waals surface area contributed by atoms with Gasteiger partial charge in [0.1, 0.15) is 0 Å². The van der Waals surface area contributed by atoms with Crippen molar-refractivity contribution in [1.82, 2.24) is 5.32 Å². The van der Waals surface area contributed by atoms with Gasteiger partial charge in [0.2, 0.25) is 0 Å². The Morgan fingerprint density at radius 1 is 1.60 bits per heavy atom. The second-order valence-electron chi connectivity index (χ2n) is 3.16. The van der Waals surface area contributed by atoms with Crippen molar-refractivity contribution in [3.05, 3.63) is 0 Å². The summed E-state index contributed by atoms with van der Waals surface area (Å²) in [5.74, 6) is 2.74. The van der Waals surface area contributed by atoms with E-state index in [9.17, 15) is 0 Å². The number of nitrogens with one attached hydrogen (secondary N) is 1. The van der Waals surface area contributed by atoms with Gasteiger partial charge in [-0.1, -0.05) is 6.92 Å². The molecule has 1 N–H and O–H groups in total. The Balaban J connectivity index is 2.18. The highest BCUT2D eigenvalue weighted by molar-refractivity contribution is 5.03. The lowest BCUT2D eigenvalue weighted by Gasteiger charge is -2.10. The summed E-state index contributed by atoms with van der Waals surface area (Å²) in [6.07, 6.45) is 8.85. The van der Waals surface area contributed by atoms with Gasteiger partial charge in [0, 0.05) is 13.0 Å². The molecule has 0 aliphatic heterocycles. The van der Waals surface area contributed by atoms with E-state index in [-0.39, 0.29) is 0 Å². The molecule has 0 amide bonds. The van der Waals surface area contributed by atoms with Gasteiger partial charge in [-0.05, 0) is 24.8 Å². The summed E-state index contributed by atoms with van der Waals surface area (Å²) in [7, 11) is 0. The molecule has 0 aromatic heterocycles. The maximum atomic E-state index is 5.25. The van der Waals surface area contributed by atoms with E-state index in [2.05, 4.69) is 18.2 Å². The average Bonchev–Trinajstić information content (AvgIpc) is 2.67. The van der Waals surface area contributed by atoms with Gasteiger partial charge in [-0.15, -0.1) is 12.3 Å². The maximum absolute atomic E-state index is 5.25. The zero-order valence-corrected chi connectivity index (χ0v) is 6.61. The van der Waals surface area contributed by atoms with Crippen LogP contribution in [0.1, 0.15) is 26.2 Å². The molecule has 1 fully saturated rings. The summed E-state index contributed by atoms with van der Waals surface area (Å²) in [6, 6.07) is 0. The lowest BCUT2D eigenvalue weighted by atomic mass is 10.0. The molecule has 0 aromatic rings. The molecule has 0 spiro atoms. The molecular weight excluding hydrogens is 122 g/mol. The highest BCUT2D eigenvalue weighted by Gasteiger charge is 2.40. The lowest BCUT2D eigenvalue weighted by molar-refractivity contribution is 0.477. The molecule has 0 radical (unpaired) electrons. The molecule has 1 aliphatic carbocycles. The minimum absolute atomic E-state index is 0.505. The van der Waals surface area contributed by atoms with Gasteiger partial charge in [-0.3, -0.25) is 0 Å². The molecule has 1 rings (SSSR count). The van der Waals surface area contributed by atoms with Crippen LogP contribution < -0.4 is 5.32 Å². The van der Waals surface area contributed by atoms with Crippen LogP contribution in [0.25, 0.3) is 0 Å². The molecule has 0 atom stereocenters. The minimum Gasteiger partial charge on any atom is -0.316 e. The Morgan fingerprint density at radius 3 is 2.70 bits per heavy atom. The minimum atomic E-state index is 0.505. The SMILES string of the molecule is C#CCC1(CNCC)CC1. The zero-order chi connectivity index (χ0) is 7.45. The van der Waals surface area contributed by atoms with Crippen LogP contribution in [-0.2, 0) is 0 Å². The largest absolute Gasteiger partial charge is 0.316 e. The van der Waals surface area contributed by atoms with Gasteiger partial charge in [0.05, 0.1) is 0 Å². The summed E-state index contributed by atoms with van der Waals surface area (Å²) in [4.78, 5) is 0. The summed E-state index contributed by atoms with van der Waals surface area (Å²) in [5, 5.41) is 3.34. The molecule has 10 heavy (non-hydrogen) atoms. The van der Waals surface area contributed by atoms with E-state index in [4.69, 9.17) is 6.42 Å². The first-order valence-corrected chi connectivity index (χ1v) is 3.97. The standard InChI is InChI=1S/C9H15N/c1-3-5-9(6-7-9)8-10-4-2/h1,10H,4-8H2,2H3. The van der Waals surface area contributed by atoms with Crippen molar-refractivity contribution < 1.29 is 0 Å². The van der Waals surface area contributed by atoms with Gasteiger partial charge in [-0.2, -0.15) is 0 Å². The fraction of sp³-hybridized carbons (Fsp3) is 0.778. The van der Waals surface area contributed by atoms with Crippen molar-refractivity contribution in [2.45, 2.75) is 26.2 Å². The Bertz CT molecular complexity index is 139. The first-order valence-electron chi connectivity index (χ1n) is 3.97. The van der Waals surface area contributed by atoms with Gasteiger partial charge in [-0.25, -0.2) is 0 Å².